The Labute approximate surface area is 205 Å². The van der Waals surface area contributed by atoms with Gasteiger partial charge in [0.2, 0.25) is 40.6 Å². The van der Waals surface area contributed by atoms with Crippen molar-refractivity contribution in [3.05, 3.63) is 94.6 Å². The lowest BCUT2D eigenvalue weighted by Crippen LogP contribution is -2.09. The molecule has 4 nitrogen and oxygen atoms in total. The van der Waals surface area contributed by atoms with E-state index in [1.54, 1.807) is 0 Å². The van der Waals surface area contributed by atoms with Gasteiger partial charge in [-0.25, -0.2) is 22.0 Å². The Morgan fingerprint density at radius 2 is 0.842 bits per heavy atom. The molecule has 0 spiro atoms. The lowest BCUT2D eigenvalue weighted by molar-refractivity contribution is 0.348. The van der Waals surface area contributed by atoms with Crippen molar-refractivity contribution in [1.82, 2.24) is 0 Å². The van der Waals surface area contributed by atoms with Crippen molar-refractivity contribution in [2.24, 2.45) is 0 Å². The average molecular weight is 548 g/mol. The third kappa shape index (κ3) is 4.27. The molecule has 4 aromatic rings. The molecule has 0 atom stereocenters. The summed E-state index contributed by atoms with van der Waals surface area (Å²) >= 11 is 0. The van der Waals surface area contributed by atoms with Gasteiger partial charge in [0, 0.05) is 5.69 Å². The Kier molecular flexibility index (Phi) is 6.74. The van der Waals surface area contributed by atoms with Crippen molar-refractivity contribution < 1.29 is 53.4 Å². The number of nitrogens with two attached hydrogens (primary N) is 2. The van der Waals surface area contributed by atoms with Crippen LogP contribution >= 0.6 is 0 Å². The maximum atomic E-state index is 14.8. The van der Waals surface area contributed by atoms with Crippen molar-refractivity contribution in [2.45, 2.75) is 0 Å². The second-order valence-electron chi connectivity index (χ2n) is 7.47. The van der Waals surface area contributed by atoms with E-state index in [4.69, 9.17) is 16.2 Å². The van der Waals surface area contributed by atoms with Gasteiger partial charge < -0.3 is 20.9 Å². The summed E-state index contributed by atoms with van der Waals surface area (Å²) in [4.78, 5) is 0. The molecule has 0 radical (unpaired) electrons. The molecule has 0 aliphatic carbocycles. The van der Waals surface area contributed by atoms with Gasteiger partial charge in [0.05, 0.1) is 16.8 Å². The maximum Gasteiger partial charge on any atom is 0.205 e. The third-order valence-electron chi connectivity index (χ3n) is 5.08. The van der Waals surface area contributed by atoms with E-state index in [-0.39, 0.29) is 11.4 Å². The van der Waals surface area contributed by atoms with Gasteiger partial charge in [-0.2, -0.15) is 22.0 Å². The monoisotopic (exact) mass is 548 g/mol. The average Bonchev–Trinajstić information content (AvgIpc) is 2.89. The first-order valence-electron chi connectivity index (χ1n) is 10.0. The number of anilines is 2. The van der Waals surface area contributed by atoms with Crippen molar-refractivity contribution in [3.8, 4) is 34.1 Å². The van der Waals surface area contributed by atoms with E-state index in [2.05, 4.69) is 4.74 Å². The smallest absolute Gasteiger partial charge is 0.205 e. The van der Waals surface area contributed by atoms with Crippen molar-refractivity contribution in [1.29, 1.82) is 0 Å². The fourth-order valence-electron chi connectivity index (χ4n) is 3.23. The molecule has 0 saturated carbocycles. The molecule has 38 heavy (non-hydrogen) atoms. The van der Waals surface area contributed by atoms with Gasteiger partial charge in [-0.1, -0.05) is 0 Å². The van der Waals surface area contributed by atoms with E-state index >= 15 is 0 Å². The molecule has 198 valence electrons. The van der Waals surface area contributed by atoms with Gasteiger partial charge in [-0.05, 0) is 36.4 Å². The van der Waals surface area contributed by atoms with Gasteiger partial charge in [-0.15, -0.1) is 0 Å². The highest BCUT2D eigenvalue weighted by molar-refractivity contribution is 5.69. The molecule has 0 aliphatic rings. The fourth-order valence-corrected chi connectivity index (χ4v) is 3.23. The first-order chi connectivity index (χ1) is 17.8. The lowest BCUT2D eigenvalue weighted by atomic mass is 10.0. The van der Waals surface area contributed by atoms with E-state index in [0.29, 0.717) is 12.1 Å². The molecule has 0 aromatic heterocycles. The zero-order valence-corrected chi connectivity index (χ0v) is 18.2. The van der Waals surface area contributed by atoms with Crippen LogP contribution in [0, 0.1) is 58.2 Å². The normalized spacial score (nSPS) is 11.1. The quantitative estimate of drug-likeness (QED) is 0.154. The molecular formula is C24H10F10N2O2. The van der Waals surface area contributed by atoms with E-state index in [9.17, 15) is 43.9 Å². The van der Waals surface area contributed by atoms with Crippen molar-refractivity contribution in [2.75, 3.05) is 11.5 Å². The SMILES string of the molecule is Nc1ccc(Oc2c(F)c(F)c(-c3c(F)c(F)c(Oc4ccc(N)c(F)c4F)c(F)c3F)c(F)c2F)cc1. The van der Waals surface area contributed by atoms with Gasteiger partial charge in [0.25, 0.3) is 0 Å². The zero-order valence-electron chi connectivity index (χ0n) is 18.2. The van der Waals surface area contributed by atoms with Crippen LogP contribution < -0.4 is 20.9 Å². The Hall–Kier alpha value is -4.62. The summed E-state index contributed by atoms with van der Waals surface area (Å²) in [6.07, 6.45) is 0. The fraction of sp³-hybridized carbons (Fsp3) is 0. The molecule has 0 amide bonds. The van der Waals surface area contributed by atoms with Crippen LogP contribution in [0.25, 0.3) is 11.1 Å². The summed E-state index contributed by atoms with van der Waals surface area (Å²) < 4.78 is 154. The minimum absolute atomic E-state index is 0.192. The number of nitrogen functional groups attached to an aromatic ring is 2. The Bertz CT molecular complexity index is 1540. The van der Waals surface area contributed by atoms with Crippen LogP contribution in [-0.4, -0.2) is 0 Å². The highest BCUT2D eigenvalue weighted by Gasteiger charge is 2.36. The van der Waals surface area contributed by atoms with Crippen molar-refractivity contribution >= 4 is 11.4 Å². The molecule has 4 aromatic carbocycles. The number of halogens is 10. The minimum Gasteiger partial charge on any atom is -0.451 e. The molecular weight excluding hydrogens is 538 g/mol. The van der Waals surface area contributed by atoms with Gasteiger partial charge in [-0.3, -0.25) is 0 Å². The van der Waals surface area contributed by atoms with Crippen LogP contribution in [0.2, 0.25) is 0 Å². The van der Waals surface area contributed by atoms with Crippen LogP contribution in [0.1, 0.15) is 0 Å². The second kappa shape index (κ2) is 9.68. The van der Waals surface area contributed by atoms with Gasteiger partial charge >= 0.3 is 0 Å². The van der Waals surface area contributed by atoms with Crippen LogP contribution in [0.15, 0.2) is 36.4 Å². The molecule has 0 bridgehead atoms. The second-order valence-corrected chi connectivity index (χ2v) is 7.47. The third-order valence-corrected chi connectivity index (χ3v) is 5.08. The first-order valence-corrected chi connectivity index (χ1v) is 10.0. The summed E-state index contributed by atoms with van der Waals surface area (Å²) in [7, 11) is 0. The Morgan fingerprint density at radius 3 is 1.29 bits per heavy atom. The molecule has 4 rings (SSSR count). The molecule has 4 N–H and O–H groups in total. The van der Waals surface area contributed by atoms with Crippen LogP contribution in [0.3, 0.4) is 0 Å². The number of hydrogen-bond donors (Lipinski definition) is 2. The lowest BCUT2D eigenvalue weighted by Gasteiger charge is -2.16. The van der Waals surface area contributed by atoms with E-state index in [0.717, 1.165) is 12.1 Å². The molecule has 0 aliphatic heterocycles. The zero-order chi connectivity index (χ0) is 28.0. The standard InChI is InChI=1S/C24H10F10N2O2/c25-13-9(36)5-6-10(14(13)26)38-24-21(33)17(29)12(18(30)22(24)34)11-15(27)19(31)23(20(32)16(11)28)37-8-3-1-7(35)2-4-8/h1-6H,35-36H2. The van der Waals surface area contributed by atoms with E-state index in [1.807, 2.05) is 0 Å². The topological polar surface area (TPSA) is 70.5 Å². The summed E-state index contributed by atoms with van der Waals surface area (Å²) in [5.41, 5.74) is 5.60. The van der Waals surface area contributed by atoms with E-state index in [1.165, 1.54) is 12.1 Å². The molecule has 0 heterocycles. The number of rotatable bonds is 5. The molecule has 0 unspecified atom stereocenters. The summed E-state index contributed by atoms with van der Waals surface area (Å²) in [6.45, 7) is 0. The highest BCUT2D eigenvalue weighted by atomic mass is 19.2. The Balaban J connectivity index is 1.86. The largest absolute Gasteiger partial charge is 0.451 e. The van der Waals surface area contributed by atoms with Crippen molar-refractivity contribution in [3.63, 3.8) is 0 Å². The summed E-state index contributed by atoms with van der Waals surface area (Å²) in [6, 6.07) is 5.79. The number of benzene rings is 4. The first kappa shape index (κ1) is 26.4. The summed E-state index contributed by atoms with van der Waals surface area (Å²) in [5, 5.41) is 0. The molecule has 0 fully saturated rings. The summed E-state index contributed by atoms with van der Waals surface area (Å²) in [5.74, 6) is -28.7. The van der Waals surface area contributed by atoms with Gasteiger partial charge in [0.15, 0.2) is 34.8 Å². The maximum absolute atomic E-state index is 14.8. The number of hydrogen-bond acceptors (Lipinski definition) is 4. The predicted octanol–water partition coefficient (Wildman–Crippen LogP) is 7.49. The highest BCUT2D eigenvalue weighted by Crippen LogP contribution is 2.43. The molecule has 14 heteroatoms. The van der Waals surface area contributed by atoms with Gasteiger partial charge in [0.1, 0.15) is 5.75 Å². The number of ether oxygens (including phenoxy) is 2. The van der Waals surface area contributed by atoms with Crippen LogP contribution in [0.5, 0.6) is 23.0 Å². The van der Waals surface area contributed by atoms with E-state index < -0.39 is 92.2 Å². The Morgan fingerprint density at radius 1 is 0.421 bits per heavy atom. The van der Waals surface area contributed by atoms with Crippen LogP contribution in [0.4, 0.5) is 55.3 Å². The minimum atomic E-state index is -2.58. The van der Waals surface area contributed by atoms with Crippen LogP contribution in [-0.2, 0) is 0 Å². The molecule has 0 saturated heterocycles. The predicted molar refractivity (Wildman–Crippen MR) is 113 cm³/mol.